The van der Waals surface area contributed by atoms with Gasteiger partial charge >= 0.3 is 0 Å². The molecule has 24 heavy (non-hydrogen) atoms. The van der Waals surface area contributed by atoms with Gasteiger partial charge in [-0.1, -0.05) is 24.3 Å². The van der Waals surface area contributed by atoms with Crippen molar-refractivity contribution in [3.8, 4) is 5.75 Å². The van der Waals surface area contributed by atoms with Crippen LogP contribution in [0.5, 0.6) is 5.75 Å². The van der Waals surface area contributed by atoms with Crippen LogP contribution in [0.25, 0.3) is 0 Å². The Bertz CT molecular complexity index is 688. The molecular weight excluding hydrogens is 305 g/mol. The molecule has 0 spiro atoms. The Labute approximate surface area is 143 Å². The first-order chi connectivity index (χ1) is 11.6. The summed E-state index contributed by atoms with van der Waals surface area (Å²) < 4.78 is 18.5. The van der Waals surface area contributed by atoms with Gasteiger partial charge in [0.15, 0.2) is 5.96 Å². The summed E-state index contributed by atoms with van der Waals surface area (Å²) in [6.45, 7) is 1.35. The first-order valence-electron chi connectivity index (χ1n) is 7.91. The van der Waals surface area contributed by atoms with E-state index < -0.39 is 0 Å². The first-order valence-corrected chi connectivity index (χ1v) is 7.91. The minimum atomic E-state index is -0.220. The van der Waals surface area contributed by atoms with Crippen LogP contribution in [0.15, 0.2) is 53.5 Å². The molecule has 0 aliphatic heterocycles. The van der Waals surface area contributed by atoms with Crippen molar-refractivity contribution < 1.29 is 9.13 Å². The zero-order valence-corrected chi connectivity index (χ0v) is 14.4. The molecule has 0 saturated heterocycles. The second-order valence-corrected chi connectivity index (χ2v) is 5.56. The quantitative estimate of drug-likeness (QED) is 0.654. The van der Waals surface area contributed by atoms with Crippen LogP contribution in [0.2, 0.25) is 0 Å². The van der Waals surface area contributed by atoms with Gasteiger partial charge in [-0.15, -0.1) is 0 Å². The molecule has 0 amide bonds. The van der Waals surface area contributed by atoms with Crippen LogP contribution in [0.3, 0.4) is 0 Å². The van der Waals surface area contributed by atoms with Crippen LogP contribution in [-0.4, -0.2) is 38.6 Å². The summed E-state index contributed by atoms with van der Waals surface area (Å²) in [5, 5.41) is 3.33. The molecule has 0 saturated carbocycles. The smallest absolute Gasteiger partial charge is 0.193 e. The topological polar surface area (TPSA) is 36.9 Å². The van der Waals surface area contributed by atoms with Crippen molar-refractivity contribution in [3.63, 3.8) is 0 Å². The summed E-state index contributed by atoms with van der Waals surface area (Å²) >= 11 is 0. The maximum atomic E-state index is 13.3. The lowest BCUT2D eigenvalue weighted by molar-refractivity contribution is 0.414. The van der Waals surface area contributed by atoms with Gasteiger partial charge in [0.2, 0.25) is 0 Å². The second kappa shape index (κ2) is 8.91. The molecule has 4 nitrogen and oxygen atoms in total. The van der Waals surface area contributed by atoms with Crippen molar-refractivity contribution in [2.75, 3.05) is 27.7 Å². The summed E-state index contributed by atoms with van der Waals surface area (Å²) in [5.41, 5.74) is 2.11. The molecule has 5 heteroatoms. The third kappa shape index (κ3) is 5.26. The van der Waals surface area contributed by atoms with E-state index in [0.29, 0.717) is 6.54 Å². The molecule has 128 valence electrons. The number of hydrogen-bond acceptors (Lipinski definition) is 2. The third-order valence-corrected chi connectivity index (χ3v) is 3.71. The van der Waals surface area contributed by atoms with Crippen LogP contribution < -0.4 is 10.1 Å². The molecule has 2 aromatic carbocycles. The second-order valence-electron chi connectivity index (χ2n) is 5.56. The van der Waals surface area contributed by atoms with Crippen molar-refractivity contribution in [1.29, 1.82) is 0 Å². The van der Waals surface area contributed by atoms with Crippen molar-refractivity contribution in [2.45, 2.75) is 13.0 Å². The van der Waals surface area contributed by atoms with E-state index >= 15 is 0 Å². The Kier molecular flexibility index (Phi) is 6.61. The molecule has 0 aromatic heterocycles. The molecule has 0 unspecified atom stereocenters. The number of nitrogens with zero attached hydrogens (tertiary/aromatic N) is 2. The van der Waals surface area contributed by atoms with Gasteiger partial charge in [0.25, 0.3) is 0 Å². The van der Waals surface area contributed by atoms with Crippen LogP contribution in [0.4, 0.5) is 4.39 Å². The van der Waals surface area contributed by atoms with E-state index in [1.54, 1.807) is 26.3 Å². The Morgan fingerprint density at radius 3 is 2.62 bits per heavy atom. The predicted molar refractivity (Wildman–Crippen MR) is 95.9 cm³/mol. The monoisotopic (exact) mass is 329 g/mol. The molecule has 0 aliphatic rings. The number of rotatable bonds is 6. The predicted octanol–water partition coefficient (Wildman–Crippen LogP) is 3.08. The summed E-state index contributed by atoms with van der Waals surface area (Å²) in [6.07, 6.45) is 0.865. The van der Waals surface area contributed by atoms with Crippen LogP contribution in [-0.2, 0) is 13.0 Å². The lowest BCUT2D eigenvalue weighted by Crippen LogP contribution is -2.39. The molecule has 0 atom stereocenters. The number of methoxy groups -OCH3 is 1. The van der Waals surface area contributed by atoms with E-state index in [1.807, 2.05) is 36.2 Å². The average Bonchev–Trinajstić information content (AvgIpc) is 2.59. The highest BCUT2D eigenvalue weighted by Gasteiger charge is 2.07. The summed E-state index contributed by atoms with van der Waals surface area (Å²) in [6, 6.07) is 14.6. The van der Waals surface area contributed by atoms with Crippen molar-refractivity contribution in [1.82, 2.24) is 10.2 Å². The van der Waals surface area contributed by atoms with Gasteiger partial charge < -0.3 is 15.0 Å². The fourth-order valence-electron chi connectivity index (χ4n) is 2.52. The van der Waals surface area contributed by atoms with E-state index in [-0.39, 0.29) is 5.82 Å². The van der Waals surface area contributed by atoms with E-state index in [1.165, 1.54) is 11.6 Å². The standard InChI is InChI=1S/C19H24FN3O/c1-21-19(23(2)14-16-7-4-8-17(20)12-16)22-11-10-15-6-5-9-18(13-15)24-3/h4-9,12-13H,10-11,14H2,1-3H3,(H,21,22). The molecule has 0 fully saturated rings. The number of hydrogen-bond donors (Lipinski definition) is 1. The van der Waals surface area contributed by atoms with E-state index in [2.05, 4.69) is 16.4 Å². The van der Waals surface area contributed by atoms with Crippen molar-refractivity contribution >= 4 is 5.96 Å². The Morgan fingerprint density at radius 1 is 1.17 bits per heavy atom. The fraction of sp³-hybridized carbons (Fsp3) is 0.316. The highest BCUT2D eigenvalue weighted by Crippen LogP contribution is 2.12. The molecule has 2 aromatic rings. The Morgan fingerprint density at radius 2 is 1.92 bits per heavy atom. The van der Waals surface area contributed by atoms with Gasteiger partial charge in [0.1, 0.15) is 11.6 Å². The number of ether oxygens (including phenoxy) is 1. The van der Waals surface area contributed by atoms with E-state index in [0.717, 1.165) is 30.2 Å². The van der Waals surface area contributed by atoms with Crippen LogP contribution >= 0.6 is 0 Å². The third-order valence-electron chi connectivity index (χ3n) is 3.71. The van der Waals surface area contributed by atoms with Gasteiger partial charge in [-0.3, -0.25) is 4.99 Å². The number of guanidine groups is 1. The lowest BCUT2D eigenvalue weighted by Gasteiger charge is -2.22. The molecule has 0 radical (unpaired) electrons. The summed E-state index contributed by atoms with van der Waals surface area (Å²) in [7, 11) is 5.35. The fourth-order valence-corrected chi connectivity index (χ4v) is 2.52. The Hall–Kier alpha value is -2.56. The van der Waals surface area contributed by atoms with E-state index in [4.69, 9.17) is 4.74 Å². The van der Waals surface area contributed by atoms with Crippen molar-refractivity contribution in [3.05, 3.63) is 65.5 Å². The highest BCUT2D eigenvalue weighted by atomic mass is 19.1. The minimum absolute atomic E-state index is 0.220. The number of nitrogens with one attached hydrogen (secondary N) is 1. The molecule has 1 N–H and O–H groups in total. The lowest BCUT2D eigenvalue weighted by atomic mass is 10.1. The highest BCUT2D eigenvalue weighted by molar-refractivity contribution is 5.79. The largest absolute Gasteiger partial charge is 0.497 e. The number of halogens is 1. The molecular formula is C19H24FN3O. The number of aliphatic imine (C=N–C) groups is 1. The van der Waals surface area contributed by atoms with Crippen molar-refractivity contribution in [2.24, 2.45) is 4.99 Å². The Balaban J connectivity index is 1.87. The normalized spacial score (nSPS) is 11.2. The minimum Gasteiger partial charge on any atom is -0.497 e. The average molecular weight is 329 g/mol. The maximum Gasteiger partial charge on any atom is 0.193 e. The molecule has 0 bridgehead atoms. The van der Waals surface area contributed by atoms with Crippen LogP contribution in [0.1, 0.15) is 11.1 Å². The van der Waals surface area contributed by atoms with Gasteiger partial charge in [-0.25, -0.2) is 4.39 Å². The summed E-state index contributed by atoms with van der Waals surface area (Å²) in [4.78, 5) is 6.26. The number of benzene rings is 2. The molecule has 0 heterocycles. The van der Waals surface area contributed by atoms with Gasteiger partial charge in [-0.05, 0) is 41.8 Å². The first kappa shape index (κ1) is 17.8. The van der Waals surface area contributed by atoms with Gasteiger partial charge in [0.05, 0.1) is 7.11 Å². The van der Waals surface area contributed by atoms with Crippen LogP contribution in [0, 0.1) is 5.82 Å². The maximum absolute atomic E-state index is 13.3. The van der Waals surface area contributed by atoms with E-state index in [9.17, 15) is 4.39 Å². The SMILES string of the molecule is CN=C(NCCc1cccc(OC)c1)N(C)Cc1cccc(F)c1. The molecule has 0 aliphatic carbocycles. The van der Waals surface area contributed by atoms with Gasteiger partial charge in [-0.2, -0.15) is 0 Å². The summed E-state index contributed by atoms with van der Waals surface area (Å²) in [5.74, 6) is 1.42. The zero-order valence-electron chi connectivity index (χ0n) is 14.4. The molecule has 2 rings (SSSR count). The zero-order chi connectivity index (χ0) is 17.4. The van der Waals surface area contributed by atoms with Gasteiger partial charge in [0, 0.05) is 27.2 Å².